The van der Waals surface area contributed by atoms with Crippen molar-refractivity contribution < 1.29 is 4.79 Å². The Morgan fingerprint density at radius 1 is 1.88 bits per heavy atom. The number of hydrogen-bond acceptors (Lipinski definition) is 2. The molecule has 2 nitrogen and oxygen atoms in total. The number of halogens is 1. The second-order valence-corrected chi connectivity index (χ2v) is 1.93. The Bertz CT molecular complexity index is 98.6. The van der Waals surface area contributed by atoms with Gasteiger partial charge in [-0.05, 0) is 13.3 Å². The summed E-state index contributed by atoms with van der Waals surface area (Å²) in [5.74, 6) is 0.548. The molecule has 0 aromatic heterocycles. The Labute approximate surface area is 53.6 Å². The molecular weight excluding hydrogens is 126 g/mol. The molecule has 0 radical (unpaired) electrons. The standard InChI is InChI=1S/C5H8ClNO/c1-5(2-3-6)7-4-8/h5H,2-3H2,1H3. The molecule has 0 heterocycles. The van der Waals surface area contributed by atoms with Crippen molar-refractivity contribution in [2.24, 2.45) is 4.99 Å². The van der Waals surface area contributed by atoms with Crippen molar-refractivity contribution in [2.45, 2.75) is 19.4 Å². The summed E-state index contributed by atoms with van der Waals surface area (Å²) in [4.78, 5) is 13.0. The first kappa shape index (κ1) is 7.67. The van der Waals surface area contributed by atoms with Gasteiger partial charge in [-0.15, -0.1) is 11.6 Å². The largest absolute Gasteiger partial charge is 0.235 e. The number of carbonyl (C=O) groups excluding carboxylic acids is 1. The highest BCUT2D eigenvalue weighted by Gasteiger charge is 1.93. The molecule has 0 amide bonds. The summed E-state index contributed by atoms with van der Waals surface area (Å²) in [6.07, 6.45) is 2.22. The molecule has 1 unspecified atom stereocenters. The Hall–Kier alpha value is -0.330. The molecule has 0 fully saturated rings. The summed E-state index contributed by atoms with van der Waals surface area (Å²) in [6.45, 7) is 1.83. The molecule has 0 aliphatic rings. The van der Waals surface area contributed by atoms with E-state index in [-0.39, 0.29) is 6.04 Å². The van der Waals surface area contributed by atoms with Gasteiger partial charge in [0.15, 0.2) is 0 Å². The molecule has 0 N–H and O–H groups in total. The molecule has 0 spiro atoms. The maximum absolute atomic E-state index is 9.56. The quantitative estimate of drug-likeness (QED) is 0.325. The van der Waals surface area contributed by atoms with E-state index in [9.17, 15) is 4.79 Å². The SMILES string of the molecule is CC(CCCl)N=C=O. The molecule has 1 atom stereocenters. The second-order valence-electron chi connectivity index (χ2n) is 1.55. The first-order chi connectivity index (χ1) is 3.81. The average Bonchev–Trinajstić information content (AvgIpc) is 1.68. The highest BCUT2D eigenvalue weighted by molar-refractivity contribution is 6.17. The fourth-order valence-electron chi connectivity index (χ4n) is 0.312. The molecule has 0 aromatic carbocycles. The van der Waals surface area contributed by atoms with Crippen molar-refractivity contribution in [3.8, 4) is 0 Å². The number of hydrogen-bond donors (Lipinski definition) is 0. The fourth-order valence-corrected chi connectivity index (χ4v) is 0.628. The van der Waals surface area contributed by atoms with Gasteiger partial charge in [0, 0.05) is 5.88 Å². The molecule has 0 aliphatic heterocycles. The molecule has 0 bridgehead atoms. The Kier molecular flexibility index (Phi) is 4.62. The van der Waals surface area contributed by atoms with Crippen LogP contribution in [-0.2, 0) is 4.79 Å². The zero-order chi connectivity index (χ0) is 6.41. The Morgan fingerprint density at radius 3 is 2.88 bits per heavy atom. The molecule has 46 valence electrons. The lowest BCUT2D eigenvalue weighted by Gasteiger charge is -1.95. The maximum Gasteiger partial charge on any atom is 0.235 e. The first-order valence-electron chi connectivity index (χ1n) is 2.44. The summed E-state index contributed by atoms with van der Waals surface area (Å²) in [5, 5.41) is 0. The lowest BCUT2D eigenvalue weighted by Crippen LogP contribution is -1.96. The van der Waals surface area contributed by atoms with Crippen molar-refractivity contribution in [1.29, 1.82) is 0 Å². The minimum atomic E-state index is 0.0324. The molecular formula is C5H8ClNO. The van der Waals surface area contributed by atoms with E-state index in [0.29, 0.717) is 5.88 Å². The summed E-state index contributed by atoms with van der Waals surface area (Å²) >= 11 is 5.34. The molecule has 8 heavy (non-hydrogen) atoms. The van der Waals surface area contributed by atoms with Crippen molar-refractivity contribution in [2.75, 3.05) is 5.88 Å². The van der Waals surface area contributed by atoms with Gasteiger partial charge in [-0.3, -0.25) is 0 Å². The van der Waals surface area contributed by atoms with E-state index in [1.54, 1.807) is 0 Å². The minimum absolute atomic E-state index is 0.0324. The van der Waals surface area contributed by atoms with Crippen LogP contribution in [0.5, 0.6) is 0 Å². The van der Waals surface area contributed by atoms with E-state index >= 15 is 0 Å². The van der Waals surface area contributed by atoms with Gasteiger partial charge >= 0.3 is 0 Å². The van der Waals surface area contributed by atoms with Gasteiger partial charge in [0.25, 0.3) is 0 Å². The number of rotatable bonds is 3. The Balaban J connectivity index is 3.31. The zero-order valence-electron chi connectivity index (χ0n) is 4.72. The number of isocyanates is 1. The van der Waals surface area contributed by atoms with E-state index in [1.807, 2.05) is 6.92 Å². The lowest BCUT2D eigenvalue weighted by molar-refractivity contribution is 0.557. The van der Waals surface area contributed by atoms with Crippen LogP contribution in [0.1, 0.15) is 13.3 Å². The maximum atomic E-state index is 9.56. The van der Waals surface area contributed by atoms with E-state index in [0.717, 1.165) is 6.42 Å². The average molecular weight is 134 g/mol. The van der Waals surface area contributed by atoms with Crippen LogP contribution in [0, 0.1) is 0 Å². The van der Waals surface area contributed by atoms with Crippen molar-refractivity contribution in [3.05, 3.63) is 0 Å². The molecule has 0 aliphatic carbocycles. The summed E-state index contributed by atoms with van der Waals surface area (Å²) < 4.78 is 0. The number of aliphatic imine (C=N–C) groups is 1. The molecule has 0 aromatic rings. The Morgan fingerprint density at radius 2 is 2.50 bits per heavy atom. The van der Waals surface area contributed by atoms with E-state index in [4.69, 9.17) is 11.6 Å². The van der Waals surface area contributed by atoms with Gasteiger partial charge in [0.05, 0.1) is 6.04 Å². The van der Waals surface area contributed by atoms with Gasteiger partial charge in [-0.25, -0.2) is 9.79 Å². The minimum Gasteiger partial charge on any atom is -0.211 e. The lowest BCUT2D eigenvalue weighted by atomic mass is 10.3. The highest BCUT2D eigenvalue weighted by Crippen LogP contribution is 1.95. The summed E-state index contributed by atoms with van der Waals surface area (Å²) in [6, 6.07) is 0.0324. The third kappa shape index (κ3) is 3.85. The highest BCUT2D eigenvalue weighted by atomic mass is 35.5. The summed E-state index contributed by atoms with van der Waals surface area (Å²) in [7, 11) is 0. The van der Waals surface area contributed by atoms with E-state index in [1.165, 1.54) is 6.08 Å². The van der Waals surface area contributed by atoms with Crippen LogP contribution in [-0.4, -0.2) is 18.0 Å². The molecule has 0 saturated carbocycles. The van der Waals surface area contributed by atoms with Gasteiger partial charge in [-0.1, -0.05) is 0 Å². The normalized spacial score (nSPS) is 12.2. The van der Waals surface area contributed by atoms with E-state index in [2.05, 4.69) is 4.99 Å². The van der Waals surface area contributed by atoms with Gasteiger partial charge < -0.3 is 0 Å². The monoisotopic (exact) mass is 133 g/mol. The molecule has 0 rings (SSSR count). The predicted octanol–water partition coefficient (Wildman–Crippen LogP) is 1.34. The topological polar surface area (TPSA) is 29.4 Å². The number of alkyl halides is 1. The number of nitrogens with zero attached hydrogens (tertiary/aromatic N) is 1. The zero-order valence-corrected chi connectivity index (χ0v) is 5.48. The van der Waals surface area contributed by atoms with Crippen molar-refractivity contribution >= 4 is 17.7 Å². The third-order valence-electron chi connectivity index (χ3n) is 0.800. The van der Waals surface area contributed by atoms with Crippen molar-refractivity contribution in [1.82, 2.24) is 0 Å². The van der Waals surface area contributed by atoms with Crippen LogP contribution in [0.2, 0.25) is 0 Å². The molecule has 0 saturated heterocycles. The van der Waals surface area contributed by atoms with Crippen LogP contribution in [0.3, 0.4) is 0 Å². The van der Waals surface area contributed by atoms with E-state index < -0.39 is 0 Å². The van der Waals surface area contributed by atoms with Crippen molar-refractivity contribution in [3.63, 3.8) is 0 Å². The van der Waals surface area contributed by atoms with Gasteiger partial charge in [-0.2, -0.15) is 0 Å². The first-order valence-corrected chi connectivity index (χ1v) is 2.97. The van der Waals surface area contributed by atoms with Gasteiger partial charge in [0.2, 0.25) is 6.08 Å². The summed E-state index contributed by atoms with van der Waals surface area (Å²) in [5.41, 5.74) is 0. The smallest absolute Gasteiger partial charge is 0.211 e. The van der Waals surface area contributed by atoms with Crippen LogP contribution in [0.25, 0.3) is 0 Å². The van der Waals surface area contributed by atoms with Crippen LogP contribution >= 0.6 is 11.6 Å². The fraction of sp³-hybridized carbons (Fsp3) is 0.800. The third-order valence-corrected chi connectivity index (χ3v) is 1.02. The van der Waals surface area contributed by atoms with Crippen LogP contribution < -0.4 is 0 Å². The second kappa shape index (κ2) is 4.82. The van der Waals surface area contributed by atoms with Gasteiger partial charge in [0.1, 0.15) is 0 Å². The van der Waals surface area contributed by atoms with Crippen LogP contribution in [0.4, 0.5) is 0 Å². The molecule has 3 heteroatoms. The predicted molar refractivity (Wildman–Crippen MR) is 32.9 cm³/mol. The van der Waals surface area contributed by atoms with Crippen LogP contribution in [0.15, 0.2) is 4.99 Å².